The minimum absolute atomic E-state index is 0.0196. The number of halogens is 1. The molecule has 2 aliphatic carbocycles. The van der Waals surface area contributed by atoms with E-state index in [0.29, 0.717) is 23.5 Å². The van der Waals surface area contributed by atoms with Crippen LogP contribution in [0.25, 0.3) is 38.9 Å². The fourth-order valence-electron chi connectivity index (χ4n) is 7.94. The third kappa shape index (κ3) is 4.52. The van der Waals surface area contributed by atoms with Crippen molar-refractivity contribution in [1.29, 1.82) is 0 Å². The van der Waals surface area contributed by atoms with E-state index in [1.165, 1.54) is 18.9 Å². The Hall–Kier alpha value is -4.30. The molecule has 3 N–H and O–H groups in total. The van der Waals surface area contributed by atoms with Gasteiger partial charge in [-0.15, -0.1) is 0 Å². The van der Waals surface area contributed by atoms with Crippen molar-refractivity contribution in [2.75, 3.05) is 0 Å². The van der Waals surface area contributed by atoms with Crippen molar-refractivity contribution in [3.8, 4) is 22.5 Å². The first-order valence-corrected chi connectivity index (χ1v) is 16.2. The summed E-state index contributed by atoms with van der Waals surface area (Å²) in [5, 5.41) is 8.93. The molecule has 7 nitrogen and oxygen atoms in total. The molecule has 0 radical (unpaired) electrons. The van der Waals surface area contributed by atoms with Crippen molar-refractivity contribution >= 4 is 28.1 Å². The van der Waals surface area contributed by atoms with Crippen molar-refractivity contribution in [1.82, 2.24) is 19.5 Å². The van der Waals surface area contributed by atoms with Crippen LogP contribution in [0.3, 0.4) is 0 Å². The summed E-state index contributed by atoms with van der Waals surface area (Å²) in [5.74, 6) is 0.259. The number of nitrogens with one attached hydrogen (secondary N) is 1. The van der Waals surface area contributed by atoms with Crippen LogP contribution in [0.5, 0.6) is 0 Å². The second kappa shape index (κ2) is 10.4. The highest BCUT2D eigenvalue weighted by molar-refractivity contribution is 6.00. The van der Waals surface area contributed by atoms with E-state index in [9.17, 15) is 9.59 Å². The maximum absolute atomic E-state index is 15.8. The van der Waals surface area contributed by atoms with Crippen molar-refractivity contribution in [3.63, 3.8) is 0 Å². The zero-order valence-corrected chi connectivity index (χ0v) is 25.9. The Bertz CT molecular complexity index is 2040. The first kappa shape index (κ1) is 28.2. The molecule has 2 saturated carbocycles. The molecule has 2 fully saturated rings. The minimum atomic E-state index is -0.433. The fraction of sp³-hybridized carbons (Fsp3) is 0.378. The molecule has 8 heteroatoms. The average molecular weight is 604 g/mol. The summed E-state index contributed by atoms with van der Waals surface area (Å²) in [6, 6.07) is 16.0. The van der Waals surface area contributed by atoms with Gasteiger partial charge in [-0.1, -0.05) is 38.5 Å². The number of pyridine rings is 1. The van der Waals surface area contributed by atoms with E-state index < -0.39 is 5.82 Å². The number of hydrogen-bond donors (Lipinski definition) is 2. The number of amides is 1. The smallest absolute Gasteiger partial charge is 0.251 e. The summed E-state index contributed by atoms with van der Waals surface area (Å²) in [5.41, 5.74) is 14.6. The number of Topliss-reactive ketones (excluding diaryl/α,β-unsaturated/α-hetero) is 1. The van der Waals surface area contributed by atoms with Gasteiger partial charge in [0.05, 0.1) is 5.69 Å². The molecule has 8 rings (SSSR count). The Morgan fingerprint density at radius 2 is 1.89 bits per heavy atom. The lowest BCUT2D eigenvalue weighted by molar-refractivity contribution is 0.0883. The van der Waals surface area contributed by atoms with Crippen LogP contribution in [0, 0.1) is 36.4 Å². The van der Waals surface area contributed by atoms with E-state index in [4.69, 9.17) is 10.8 Å². The molecular formula is C37H38FN5O2. The first-order chi connectivity index (χ1) is 21.7. The second-order valence-electron chi connectivity index (χ2n) is 13.6. The highest BCUT2D eigenvalue weighted by Crippen LogP contribution is 2.41. The van der Waals surface area contributed by atoms with Crippen molar-refractivity contribution < 1.29 is 14.0 Å². The Labute approximate surface area is 261 Å². The molecule has 4 heterocycles. The molecule has 0 bridgehead atoms. The molecule has 3 aliphatic rings. The number of aryl methyl sites for hydroxylation is 1. The summed E-state index contributed by atoms with van der Waals surface area (Å²) < 4.78 is 19.7. The van der Waals surface area contributed by atoms with Crippen LogP contribution in [0.1, 0.15) is 71.4 Å². The summed E-state index contributed by atoms with van der Waals surface area (Å²) in [6.07, 6.45) is 5.64. The predicted octanol–water partition coefficient (Wildman–Crippen LogP) is 6.92. The van der Waals surface area contributed by atoms with E-state index >= 15 is 4.39 Å². The molecule has 2 aromatic carbocycles. The normalized spacial score (nSPS) is 22.8. The summed E-state index contributed by atoms with van der Waals surface area (Å²) >= 11 is 0. The maximum atomic E-state index is 15.8. The third-order valence-corrected chi connectivity index (χ3v) is 10.7. The monoisotopic (exact) mass is 603 g/mol. The number of ketones is 1. The number of benzene rings is 2. The van der Waals surface area contributed by atoms with Gasteiger partial charge < -0.3 is 15.6 Å². The highest BCUT2D eigenvalue weighted by Gasteiger charge is 2.42. The number of rotatable bonds is 7. The molecule has 0 spiro atoms. The number of carbonyl (C=O) groups excluding carboxylic acids is 2. The Morgan fingerprint density at radius 3 is 2.67 bits per heavy atom. The number of fused-ring (bicyclic) bond motifs is 3. The second-order valence-corrected chi connectivity index (χ2v) is 13.6. The first-order valence-electron chi connectivity index (χ1n) is 16.2. The van der Waals surface area contributed by atoms with Gasteiger partial charge in [-0.05, 0) is 91.0 Å². The van der Waals surface area contributed by atoms with Gasteiger partial charge >= 0.3 is 0 Å². The molecule has 45 heavy (non-hydrogen) atoms. The van der Waals surface area contributed by atoms with Crippen LogP contribution in [0.15, 0.2) is 54.7 Å². The van der Waals surface area contributed by atoms with Crippen LogP contribution in [-0.4, -0.2) is 31.9 Å². The van der Waals surface area contributed by atoms with Crippen molar-refractivity contribution in [3.05, 3.63) is 82.8 Å². The SMILES string of the molecule is CCC1C(C(=O)c2cc(F)c3c(C)c(-c4cc5ccc(-c6ccc7c(c6)CNC7=O)cc5n4CC4CC4)nn3c2)CC(C)[C@H]1N. The predicted molar refractivity (Wildman–Crippen MR) is 174 cm³/mol. The summed E-state index contributed by atoms with van der Waals surface area (Å²) in [6.45, 7) is 7.50. The molecule has 5 aromatic rings. The lowest BCUT2D eigenvalue weighted by Gasteiger charge is -2.20. The van der Waals surface area contributed by atoms with Gasteiger partial charge in [0.25, 0.3) is 5.91 Å². The maximum Gasteiger partial charge on any atom is 0.251 e. The minimum Gasteiger partial charge on any atom is -0.348 e. The Morgan fingerprint density at radius 1 is 1.11 bits per heavy atom. The van der Waals surface area contributed by atoms with Gasteiger partial charge in [0.2, 0.25) is 0 Å². The zero-order chi connectivity index (χ0) is 31.1. The van der Waals surface area contributed by atoms with Gasteiger partial charge in [0, 0.05) is 58.8 Å². The van der Waals surface area contributed by atoms with Crippen LogP contribution < -0.4 is 11.1 Å². The number of carbonyl (C=O) groups is 2. The summed E-state index contributed by atoms with van der Waals surface area (Å²) in [7, 11) is 0. The Balaban J connectivity index is 1.21. The molecule has 3 unspecified atom stereocenters. The van der Waals surface area contributed by atoms with Gasteiger partial charge in [-0.25, -0.2) is 8.91 Å². The van der Waals surface area contributed by atoms with Crippen LogP contribution in [0.2, 0.25) is 0 Å². The highest BCUT2D eigenvalue weighted by atomic mass is 19.1. The van der Waals surface area contributed by atoms with E-state index in [1.54, 1.807) is 10.7 Å². The molecule has 4 atom stereocenters. The lowest BCUT2D eigenvalue weighted by Crippen LogP contribution is -2.33. The van der Waals surface area contributed by atoms with E-state index in [2.05, 4.69) is 54.1 Å². The number of nitrogens with zero attached hydrogens (tertiary/aromatic N) is 3. The van der Waals surface area contributed by atoms with Crippen LogP contribution in [-0.2, 0) is 13.1 Å². The number of aromatic nitrogens is 3. The van der Waals surface area contributed by atoms with Gasteiger partial charge in [0.1, 0.15) is 17.0 Å². The summed E-state index contributed by atoms with van der Waals surface area (Å²) in [4.78, 5) is 25.8. The third-order valence-electron chi connectivity index (χ3n) is 10.7. The average Bonchev–Trinajstić information content (AvgIpc) is 3.41. The molecule has 0 saturated heterocycles. The fourth-order valence-corrected chi connectivity index (χ4v) is 7.94. The molecule has 3 aromatic heterocycles. The lowest BCUT2D eigenvalue weighted by atomic mass is 9.86. The van der Waals surface area contributed by atoms with Gasteiger partial charge in [-0.2, -0.15) is 5.10 Å². The van der Waals surface area contributed by atoms with Gasteiger partial charge in [-0.3, -0.25) is 9.59 Å². The standard InChI is InChI=1S/C37H38FN5O2/c1-4-27-29(11-19(2)33(27)39)36(44)26-13-30(38)35-20(3)34(41-43(35)18-26)32-15-24-8-7-23(14-31(24)42(32)17-21-5-6-21)22-9-10-28-25(12-22)16-40-37(28)45/h7-10,12-15,18-19,21,27,29,33H,4-6,11,16-17,39H2,1-3H3,(H,40,45)/t19?,27?,29?,33-/m1/s1. The number of nitrogens with two attached hydrogens (primary N) is 1. The topological polar surface area (TPSA) is 94.4 Å². The van der Waals surface area contributed by atoms with Crippen LogP contribution >= 0.6 is 0 Å². The molecular weight excluding hydrogens is 565 g/mol. The molecule has 1 amide bonds. The largest absolute Gasteiger partial charge is 0.348 e. The van der Waals surface area contributed by atoms with Crippen molar-refractivity contribution in [2.24, 2.45) is 29.4 Å². The molecule has 230 valence electrons. The number of hydrogen-bond acceptors (Lipinski definition) is 4. The molecule has 1 aliphatic heterocycles. The van der Waals surface area contributed by atoms with E-state index in [0.717, 1.165) is 69.5 Å². The van der Waals surface area contributed by atoms with Gasteiger partial charge in [0.15, 0.2) is 5.78 Å². The van der Waals surface area contributed by atoms with Crippen molar-refractivity contribution in [2.45, 2.75) is 65.6 Å². The Kier molecular flexibility index (Phi) is 6.50. The quantitative estimate of drug-likeness (QED) is 0.198. The van der Waals surface area contributed by atoms with E-state index in [1.807, 2.05) is 19.1 Å². The zero-order valence-electron chi connectivity index (χ0n) is 25.9. The van der Waals surface area contributed by atoms with Crippen LogP contribution in [0.4, 0.5) is 4.39 Å². The van der Waals surface area contributed by atoms with E-state index in [-0.39, 0.29) is 35.5 Å².